The van der Waals surface area contributed by atoms with Gasteiger partial charge >= 0.3 is 5.97 Å². The largest absolute Gasteiger partial charge is 0.485 e. The van der Waals surface area contributed by atoms with Crippen molar-refractivity contribution in [2.24, 2.45) is 0 Å². The highest BCUT2D eigenvalue weighted by molar-refractivity contribution is 5.88. The van der Waals surface area contributed by atoms with E-state index < -0.39 is 5.97 Å². The second kappa shape index (κ2) is 6.10. The van der Waals surface area contributed by atoms with Crippen molar-refractivity contribution in [2.45, 2.75) is 26.9 Å². The van der Waals surface area contributed by atoms with Crippen LogP contribution in [0.15, 0.2) is 24.7 Å². The van der Waals surface area contributed by atoms with Crippen molar-refractivity contribution in [2.75, 3.05) is 0 Å². The maximum Gasteiger partial charge on any atom is 0.339 e. The molecule has 6 heteroatoms. The molecule has 2 rings (SSSR count). The van der Waals surface area contributed by atoms with E-state index in [2.05, 4.69) is 15.0 Å². The maximum absolute atomic E-state index is 11.1. The maximum atomic E-state index is 11.1. The monoisotopic (exact) mass is 273 g/mol. The van der Waals surface area contributed by atoms with Crippen LogP contribution in [0.4, 0.5) is 0 Å². The van der Waals surface area contributed by atoms with E-state index in [0.29, 0.717) is 11.4 Å². The van der Waals surface area contributed by atoms with Crippen LogP contribution in [0.5, 0.6) is 5.75 Å². The molecule has 1 N–H and O–H groups in total. The molecule has 0 fully saturated rings. The fourth-order valence-electron chi connectivity index (χ4n) is 1.78. The van der Waals surface area contributed by atoms with Gasteiger partial charge in [-0.1, -0.05) is 6.92 Å². The Labute approximate surface area is 116 Å². The second-order valence-electron chi connectivity index (χ2n) is 4.23. The van der Waals surface area contributed by atoms with Crippen LogP contribution < -0.4 is 4.74 Å². The molecule has 20 heavy (non-hydrogen) atoms. The van der Waals surface area contributed by atoms with Crippen molar-refractivity contribution in [3.63, 3.8) is 0 Å². The Kier molecular flexibility index (Phi) is 4.24. The van der Waals surface area contributed by atoms with E-state index in [-0.39, 0.29) is 12.2 Å². The van der Waals surface area contributed by atoms with Gasteiger partial charge in [0.1, 0.15) is 24.2 Å². The fourth-order valence-corrected chi connectivity index (χ4v) is 1.78. The van der Waals surface area contributed by atoms with E-state index in [9.17, 15) is 4.79 Å². The average molecular weight is 273 g/mol. The number of carboxylic acid groups (broad SMARTS) is 1. The minimum atomic E-state index is -1.07. The lowest BCUT2D eigenvalue weighted by Gasteiger charge is -2.11. The van der Waals surface area contributed by atoms with E-state index in [1.54, 1.807) is 0 Å². The number of aromatic nitrogens is 3. The molecule has 0 unspecified atom stereocenters. The molecule has 0 spiro atoms. The van der Waals surface area contributed by atoms with E-state index in [1.165, 1.54) is 12.5 Å². The number of pyridine rings is 1. The Hall–Kier alpha value is -2.50. The molecule has 2 aromatic heterocycles. The minimum Gasteiger partial charge on any atom is -0.485 e. The van der Waals surface area contributed by atoms with Crippen molar-refractivity contribution in [1.82, 2.24) is 15.0 Å². The first-order valence-electron chi connectivity index (χ1n) is 6.23. The van der Waals surface area contributed by atoms with Gasteiger partial charge in [0.2, 0.25) is 0 Å². The van der Waals surface area contributed by atoms with Gasteiger partial charge in [-0.2, -0.15) is 0 Å². The first kappa shape index (κ1) is 13.9. The first-order valence-corrected chi connectivity index (χ1v) is 6.23. The van der Waals surface area contributed by atoms with Crippen LogP contribution in [0.1, 0.15) is 34.4 Å². The number of aromatic carboxylic acids is 1. The molecule has 0 atom stereocenters. The highest BCUT2D eigenvalue weighted by Gasteiger charge is 2.13. The van der Waals surface area contributed by atoms with Gasteiger partial charge in [0.25, 0.3) is 0 Å². The molecule has 0 saturated heterocycles. The molecule has 6 nitrogen and oxygen atoms in total. The van der Waals surface area contributed by atoms with Crippen LogP contribution in [0, 0.1) is 6.92 Å². The summed E-state index contributed by atoms with van der Waals surface area (Å²) in [6.07, 6.45) is 3.31. The summed E-state index contributed by atoms with van der Waals surface area (Å²) in [5, 5.41) is 9.05. The van der Waals surface area contributed by atoms with Crippen LogP contribution in [0.25, 0.3) is 0 Å². The van der Waals surface area contributed by atoms with Crippen molar-refractivity contribution >= 4 is 5.97 Å². The fraction of sp³-hybridized carbons (Fsp3) is 0.286. The van der Waals surface area contributed by atoms with Gasteiger partial charge in [-0.05, 0) is 25.5 Å². The van der Waals surface area contributed by atoms with Gasteiger partial charge in [-0.25, -0.2) is 14.8 Å². The van der Waals surface area contributed by atoms with Gasteiger partial charge in [0.05, 0.1) is 11.4 Å². The van der Waals surface area contributed by atoms with Gasteiger partial charge < -0.3 is 9.84 Å². The number of carbonyl (C=O) groups is 1. The number of hydrogen-bond donors (Lipinski definition) is 1. The standard InChI is InChI=1S/C14H15N3O3/c1-3-11-13(5-4-9(2)17-11)20-7-12-10(14(18)19)6-15-8-16-12/h4-6,8H,3,7H2,1-2H3,(H,18,19). The molecule has 0 bridgehead atoms. The van der Waals surface area contributed by atoms with Crippen LogP contribution in [-0.2, 0) is 13.0 Å². The number of rotatable bonds is 5. The van der Waals surface area contributed by atoms with E-state index in [1.807, 2.05) is 26.0 Å². The van der Waals surface area contributed by atoms with Crippen molar-refractivity contribution < 1.29 is 14.6 Å². The quantitative estimate of drug-likeness (QED) is 0.897. The second-order valence-corrected chi connectivity index (χ2v) is 4.23. The highest BCUT2D eigenvalue weighted by Crippen LogP contribution is 2.19. The first-order chi connectivity index (χ1) is 9.61. The molecule has 0 amide bonds. The van der Waals surface area contributed by atoms with E-state index >= 15 is 0 Å². The molecule has 0 aliphatic heterocycles. The predicted octanol–water partition coefficient (Wildman–Crippen LogP) is 2.02. The Bertz CT molecular complexity index is 629. The predicted molar refractivity (Wildman–Crippen MR) is 71.7 cm³/mol. The Morgan fingerprint density at radius 2 is 2.15 bits per heavy atom. The molecule has 0 aliphatic rings. The summed E-state index contributed by atoms with van der Waals surface area (Å²) in [7, 11) is 0. The molecule has 0 saturated carbocycles. The third-order valence-electron chi connectivity index (χ3n) is 2.80. The van der Waals surface area contributed by atoms with Gasteiger partial charge in [0.15, 0.2) is 0 Å². The van der Waals surface area contributed by atoms with E-state index in [4.69, 9.17) is 9.84 Å². The lowest BCUT2D eigenvalue weighted by atomic mass is 10.2. The Morgan fingerprint density at radius 1 is 1.35 bits per heavy atom. The Balaban J connectivity index is 2.19. The highest BCUT2D eigenvalue weighted by atomic mass is 16.5. The SMILES string of the molecule is CCc1nc(C)ccc1OCc1ncncc1C(=O)O. The number of ether oxygens (including phenoxy) is 1. The van der Waals surface area contributed by atoms with Gasteiger partial charge in [-0.15, -0.1) is 0 Å². The minimum absolute atomic E-state index is 0.0469. The molecule has 0 radical (unpaired) electrons. The number of nitrogens with zero attached hydrogens (tertiary/aromatic N) is 3. The average Bonchev–Trinajstić information content (AvgIpc) is 2.46. The molecule has 0 aromatic carbocycles. The number of aryl methyl sites for hydroxylation is 2. The zero-order valence-corrected chi connectivity index (χ0v) is 11.3. The summed E-state index contributed by atoms with van der Waals surface area (Å²) < 4.78 is 5.64. The van der Waals surface area contributed by atoms with Crippen molar-refractivity contribution in [1.29, 1.82) is 0 Å². The number of carboxylic acids is 1. The van der Waals surface area contributed by atoms with Crippen LogP contribution in [0.2, 0.25) is 0 Å². The third kappa shape index (κ3) is 3.09. The van der Waals surface area contributed by atoms with Gasteiger partial charge in [-0.3, -0.25) is 4.98 Å². The zero-order chi connectivity index (χ0) is 14.5. The zero-order valence-electron chi connectivity index (χ0n) is 11.3. The van der Waals surface area contributed by atoms with Crippen LogP contribution in [0.3, 0.4) is 0 Å². The third-order valence-corrected chi connectivity index (χ3v) is 2.80. The lowest BCUT2D eigenvalue weighted by Crippen LogP contribution is -2.09. The molecular weight excluding hydrogens is 258 g/mol. The molecule has 2 heterocycles. The van der Waals surface area contributed by atoms with E-state index in [0.717, 1.165) is 17.8 Å². The molecule has 104 valence electrons. The molecule has 0 aliphatic carbocycles. The van der Waals surface area contributed by atoms with Crippen LogP contribution >= 0.6 is 0 Å². The van der Waals surface area contributed by atoms with Crippen molar-refractivity contribution in [3.05, 3.63) is 47.3 Å². The number of hydrogen-bond acceptors (Lipinski definition) is 5. The van der Waals surface area contributed by atoms with Crippen LogP contribution in [-0.4, -0.2) is 26.0 Å². The van der Waals surface area contributed by atoms with Crippen molar-refractivity contribution in [3.8, 4) is 5.75 Å². The Morgan fingerprint density at radius 3 is 2.85 bits per heavy atom. The summed E-state index contributed by atoms with van der Waals surface area (Å²) in [5.74, 6) is -0.421. The molecular formula is C14H15N3O3. The molecule has 2 aromatic rings. The topological polar surface area (TPSA) is 85.2 Å². The summed E-state index contributed by atoms with van der Waals surface area (Å²) in [6, 6.07) is 3.69. The lowest BCUT2D eigenvalue weighted by molar-refractivity contribution is 0.0692. The summed E-state index contributed by atoms with van der Waals surface area (Å²) in [6.45, 7) is 3.97. The van der Waals surface area contributed by atoms with Gasteiger partial charge in [0, 0.05) is 11.9 Å². The smallest absolute Gasteiger partial charge is 0.339 e. The summed E-state index contributed by atoms with van der Waals surface area (Å²) in [5.41, 5.74) is 2.15. The summed E-state index contributed by atoms with van der Waals surface area (Å²) in [4.78, 5) is 23.1. The summed E-state index contributed by atoms with van der Waals surface area (Å²) >= 11 is 0. The normalized spacial score (nSPS) is 10.3.